The minimum absolute atomic E-state index is 0.0619. The second kappa shape index (κ2) is 7.17. The standard InChI is InChI=1S/C20H17N3O5S/c1-10(24)23-7-6-12-16(9-23)29-20(17(12)18(21)26)22-19(27)15-8-13(25)11-4-2-3-5-14(11)28-15/h2-5,8H,6-7,9H2,1H3,(H2,21,26)(H,22,27). The van der Waals surface area contributed by atoms with Crippen LogP contribution in [0, 0.1) is 0 Å². The molecule has 1 aromatic carbocycles. The number of nitrogens with zero attached hydrogens (tertiary/aromatic N) is 1. The van der Waals surface area contributed by atoms with Crippen molar-refractivity contribution >= 4 is 45.0 Å². The molecule has 4 rings (SSSR count). The smallest absolute Gasteiger partial charge is 0.292 e. The predicted molar refractivity (Wildman–Crippen MR) is 108 cm³/mol. The quantitative estimate of drug-likeness (QED) is 0.683. The molecule has 3 N–H and O–H groups in total. The number of fused-ring (bicyclic) bond motifs is 2. The molecule has 0 saturated carbocycles. The van der Waals surface area contributed by atoms with E-state index in [0.717, 1.165) is 16.5 Å². The maximum absolute atomic E-state index is 12.7. The van der Waals surface area contributed by atoms with E-state index in [4.69, 9.17) is 10.2 Å². The molecule has 2 aromatic heterocycles. The highest BCUT2D eigenvalue weighted by Gasteiger charge is 2.29. The molecule has 1 aliphatic heterocycles. The first-order valence-electron chi connectivity index (χ1n) is 8.89. The summed E-state index contributed by atoms with van der Waals surface area (Å²) in [6.45, 7) is 2.32. The summed E-state index contributed by atoms with van der Waals surface area (Å²) in [6, 6.07) is 7.74. The molecular weight excluding hydrogens is 394 g/mol. The molecule has 0 fully saturated rings. The third-order valence-corrected chi connectivity index (χ3v) is 5.97. The van der Waals surface area contributed by atoms with E-state index in [-0.39, 0.29) is 27.7 Å². The minimum atomic E-state index is -0.658. The van der Waals surface area contributed by atoms with Gasteiger partial charge in [-0.15, -0.1) is 11.3 Å². The second-order valence-corrected chi connectivity index (χ2v) is 7.79. The minimum Gasteiger partial charge on any atom is -0.451 e. The molecule has 0 unspecified atom stereocenters. The van der Waals surface area contributed by atoms with E-state index in [9.17, 15) is 19.2 Å². The third kappa shape index (κ3) is 3.40. The van der Waals surface area contributed by atoms with Crippen LogP contribution in [0.4, 0.5) is 5.00 Å². The van der Waals surface area contributed by atoms with Gasteiger partial charge in [-0.1, -0.05) is 12.1 Å². The maximum Gasteiger partial charge on any atom is 0.292 e. The maximum atomic E-state index is 12.7. The average molecular weight is 411 g/mol. The van der Waals surface area contributed by atoms with E-state index in [0.29, 0.717) is 30.5 Å². The van der Waals surface area contributed by atoms with Gasteiger partial charge in [0.1, 0.15) is 10.6 Å². The number of para-hydroxylation sites is 1. The lowest BCUT2D eigenvalue weighted by atomic mass is 10.0. The van der Waals surface area contributed by atoms with Gasteiger partial charge in [0.05, 0.1) is 17.5 Å². The fourth-order valence-corrected chi connectivity index (χ4v) is 4.67. The molecule has 3 amide bonds. The van der Waals surface area contributed by atoms with E-state index in [1.165, 1.54) is 18.3 Å². The number of nitrogens with one attached hydrogen (secondary N) is 1. The summed E-state index contributed by atoms with van der Waals surface area (Å²) in [7, 11) is 0. The topological polar surface area (TPSA) is 123 Å². The van der Waals surface area contributed by atoms with Crippen LogP contribution < -0.4 is 16.5 Å². The van der Waals surface area contributed by atoms with E-state index in [1.54, 1.807) is 29.2 Å². The van der Waals surface area contributed by atoms with Gasteiger partial charge in [0.15, 0.2) is 11.2 Å². The van der Waals surface area contributed by atoms with Crippen LogP contribution in [-0.2, 0) is 17.8 Å². The highest BCUT2D eigenvalue weighted by molar-refractivity contribution is 7.17. The number of hydrogen-bond donors (Lipinski definition) is 2. The van der Waals surface area contributed by atoms with Crippen LogP contribution in [0.3, 0.4) is 0 Å². The molecule has 3 aromatic rings. The highest BCUT2D eigenvalue weighted by atomic mass is 32.1. The van der Waals surface area contributed by atoms with E-state index >= 15 is 0 Å². The Balaban J connectivity index is 1.69. The van der Waals surface area contributed by atoms with E-state index < -0.39 is 11.8 Å². The molecule has 8 nitrogen and oxygen atoms in total. The molecule has 0 bridgehead atoms. The summed E-state index contributed by atoms with van der Waals surface area (Å²) in [5, 5.41) is 3.30. The Morgan fingerprint density at radius 3 is 2.72 bits per heavy atom. The van der Waals surface area contributed by atoms with Gasteiger partial charge >= 0.3 is 0 Å². The van der Waals surface area contributed by atoms with Crippen LogP contribution in [-0.4, -0.2) is 29.2 Å². The number of primary amides is 1. The van der Waals surface area contributed by atoms with Gasteiger partial charge in [0.2, 0.25) is 5.91 Å². The van der Waals surface area contributed by atoms with Crippen molar-refractivity contribution in [2.45, 2.75) is 19.9 Å². The Morgan fingerprint density at radius 2 is 2.00 bits per heavy atom. The molecule has 0 spiro atoms. The molecule has 29 heavy (non-hydrogen) atoms. The number of benzene rings is 1. The molecule has 0 radical (unpaired) electrons. The van der Waals surface area contributed by atoms with Crippen molar-refractivity contribution in [2.75, 3.05) is 11.9 Å². The fourth-order valence-electron chi connectivity index (χ4n) is 3.40. The van der Waals surface area contributed by atoms with Gasteiger partial charge < -0.3 is 20.4 Å². The number of thiophene rings is 1. The summed E-state index contributed by atoms with van der Waals surface area (Å²) in [5.74, 6) is -1.54. The molecule has 1 aliphatic rings. The van der Waals surface area contributed by atoms with Crippen molar-refractivity contribution in [2.24, 2.45) is 5.73 Å². The van der Waals surface area contributed by atoms with Crippen LogP contribution in [0.25, 0.3) is 11.0 Å². The summed E-state index contributed by atoms with van der Waals surface area (Å²) in [5.41, 5.74) is 6.50. The van der Waals surface area contributed by atoms with Crippen LogP contribution in [0.5, 0.6) is 0 Å². The monoisotopic (exact) mass is 411 g/mol. The number of carbonyl (C=O) groups is 3. The Hall–Kier alpha value is -3.46. The molecular formula is C20H17N3O5S. The lowest BCUT2D eigenvalue weighted by Crippen LogP contribution is -2.34. The average Bonchev–Trinajstić information content (AvgIpc) is 3.04. The molecule has 148 valence electrons. The lowest BCUT2D eigenvalue weighted by molar-refractivity contribution is -0.129. The van der Waals surface area contributed by atoms with Gasteiger partial charge in [0.25, 0.3) is 11.8 Å². The van der Waals surface area contributed by atoms with E-state index in [2.05, 4.69) is 5.32 Å². The number of hydrogen-bond acceptors (Lipinski definition) is 6. The van der Waals surface area contributed by atoms with Crippen molar-refractivity contribution in [1.29, 1.82) is 0 Å². The zero-order valence-corrected chi connectivity index (χ0v) is 16.3. The largest absolute Gasteiger partial charge is 0.451 e. The summed E-state index contributed by atoms with van der Waals surface area (Å²) in [4.78, 5) is 51.1. The van der Waals surface area contributed by atoms with Crippen molar-refractivity contribution in [1.82, 2.24) is 4.90 Å². The number of amides is 3. The first-order valence-corrected chi connectivity index (χ1v) is 9.71. The molecule has 9 heteroatoms. The van der Waals surface area contributed by atoms with Crippen molar-refractivity contribution in [3.05, 3.63) is 62.3 Å². The summed E-state index contributed by atoms with van der Waals surface area (Å²) < 4.78 is 5.55. The molecule has 0 aliphatic carbocycles. The van der Waals surface area contributed by atoms with Crippen molar-refractivity contribution in [3.63, 3.8) is 0 Å². The summed E-state index contributed by atoms with van der Waals surface area (Å²) >= 11 is 1.20. The van der Waals surface area contributed by atoms with Gasteiger partial charge in [-0.3, -0.25) is 19.2 Å². The predicted octanol–water partition coefficient (Wildman–Crippen LogP) is 2.11. The Bertz CT molecular complexity index is 1230. The second-order valence-electron chi connectivity index (χ2n) is 6.69. The zero-order chi connectivity index (χ0) is 20.7. The van der Waals surface area contributed by atoms with Crippen molar-refractivity contribution in [3.8, 4) is 0 Å². The first-order chi connectivity index (χ1) is 13.8. The van der Waals surface area contributed by atoms with Crippen LogP contribution in [0.15, 0.2) is 39.5 Å². The van der Waals surface area contributed by atoms with Gasteiger partial charge in [-0.05, 0) is 24.1 Å². The molecule has 3 heterocycles. The number of nitrogens with two attached hydrogens (primary N) is 1. The number of anilines is 1. The van der Waals surface area contributed by atoms with Gasteiger partial charge in [-0.25, -0.2) is 0 Å². The highest BCUT2D eigenvalue weighted by Crippen LogP contribution is 2.37. The van der Waals surface area contributed by atoms with Crippen LogP contribution >= 0.6 is 11.3 Å². The van der Waals surface area contributed by atoms with Crippen LogP contribution in [0.1, 0.15) is 38.3 Å². The molecule has 0 atom stereocenters. The molecule has 0 saturated heterocycles. The normalized spacial score (nSPS) is 13.2. The third-order valence-electron chi connectivity index (χ3n) is 4.83. The van der Waals surface area contributed by atoms with Gasteiger partial charge in [-0.2, -0.15) is 0 Å². The number of rotatable bonds is 3. The zero-order valence-electron chi connectivity index (χ0n) is 15.5. The Labute approximate surface area is 168 Å². The SMILES string of the molecule is CC(=O)N1CCc2c(sc(NC(=O)c3cc(=O)c4ccccc4o3)c2C(N)=O)C1. The first kappa shape index (κ1) is 18.9. The summed E-state index contributed by atoms with van der Waals surface area (Å²) in [6.07, 6.45) is 0.477. The fraction of sp³-hybridized carbons (Fsp3) is 0.200. The van der Waals surface area contributed by atoms with Gasteiger partial charge in [0, 0.05) is 24.4 Å². The van der Waals surface area contributed by atoms with E-state index in [1.807, 2.05) is 0 Å². The van der Waals surface area contributed by atoms with Crippen molar-refractivity contribution < 1.29 is 18.8 Å². The lowest BCUT2D eigenvalue weighted by Gasteiger charge is -2.25. The van der Waals surface area contributed by atoms with Crippen LogP contribution in [0.2, 0.25) is 0 Å². The number of carbonyl (C=O) groups excluding carboxylic acids is 3. The Kier molecular flexibility index (Phi) is 4.67. The Morgan fingerprint density at radius 1 is 1.24 bits per heavy atom.